The number of rotatable bonds is 4. The van der Waals surface area contributed by atoms with E-state index in [0.717, 1.165) is 21.4 Å². The minimum absolute atomic E-state index is 0.0338. The van der Waals surface area contributed by atoms with Crippen LogP contribution in [0.15, 0.2) is 59.4 Å². The average Bonchev–Trinajstić information content (AvgIpc) is 3.08. The molecule has 2 aromatic carbocycles. The third-order valence-corrected chi connectivity index (χ3v) is 5.13. The third kappa shape index (κ3) is 4.47. The van der Waals surface area contributed by atoms with Crippen molar-refractivity contribution in [2.45, 2.75) is 19.6 Å². The van der Waals surface area contributed by atoms with E-state index in [1.54, 1.807) is 12.1 Å². The van der Waals surface area contributed by atoms with Crippen LogP contribution in [-0.2, 0) is 17.5 Å². The molecule has 0 fully saturated rings. The van der Waals surface area contributed by atoms with Crippen molar-refractivity contribution in [1.29, 1.82) is 0 Å². The largest absolute Gasteiger partial charge is 0.417 e. The van der Waals surface area contributed by atoms with Gasteiger partial charge in [0.05, 0.1) is 22.3 Å². The fourth-order valence-electron chi connectivity index (χ4n) is 3.50. The van der Waals surface area contributed by atoms with Gasteiger partial charge in [0.1, 0.15) is 18.0 Å². The number of aromatic nitrogens is 3. The van der Waals surface area contributed by atoms with Gasteiger partial charge in [-0.15, -0.1) is 0 Å². The summed E-state index contributed by atoms with van der Waals surface area (Å²) in [4.78, 5) is 25.4. The van der Waals surface area contributed by atoms with E-state index in [1.807, 2.05) is 0 Å². The molecule has 6 nitrogen and oxygen atoms in total. The van der Waals surface area contributed by atoms with Gasteiger partial charge < -0.3 is 5.32 Å². The molecule has 0 aliphatic rings. The number of benzene rings is 2. The van der Waals surface area contributed by atoms with E-state index in [-0.39, 0.29) is 22.4 Å². The summed E-state index contributed by atoms with van der Waals surface area (Å²) < 4.78 is 56.9. The Morgan fingerprint density at radius 2 is 1.82 bits per heavy atom. The second kappa shape index (κ2) is 8.36. The summed E-state index contributed by atoms with van der Waals surface area (Å²) >= 11 is 5.82. The molecular formula is C22H15ClF4N4O2. The highest BCUT2D eigenvalue weighted by Gasteiger charge is 2.36. The highest BCUT2D eigenvalue weighted by molar-refractivity contribution is 6.30. The summed E-state index contributed by atoms with van der Waals surface area (Å²) in [5, 5.41) is 6.77. The van der Waals surface area contributed by atoms with Crippen molar-refractivity contribution in [3.63, 3.8) is 0 Å². The lowest BCUT2D eigenvalue weighted by atomic mass is 10.1. The molecule has 0 radical (unpaired) electrons. The summed E-state index contributed by atoms with van der Waals surface area (Å²) in [6.45, 7) is 0.743. The molecule has 0 atom stereocenters. The molecule has 2 heterocycles. The minimum Gasteiger partial charge on any atom is -0.325 e. The molecule has 0 bridgehead atoms. The Morgan fingerprint density at radius 1 is 1.12 bits per heavy atom. The molecule has 0 unspecified atom stereocenters. The number of anilines is 1. The van der Waals surface area contributed by atoms with Crippen molar-refractivity contribution in [1.82, 2.24) is 14.3 Å². The van der Waals surface area contributed by atoms with Gasteiger partial charge in [-0.2, -0.15) is 18.3 Å². The number of hydrogen-bond acceptors (Lipinski definition) is 3. The second-order valence-electron chi connectivity index (χ2n) is 7.21. The second-order valence-corrected chi connectivity index (χ2v) is 7.65. The van der Waals surface area contributed by atoms with E-state index < -0.39 is 35.6 Å². The molecule has 0 saturated heterocycles. The number of carbonyl (C=O) groups is 1. The van der Waals surface area contributed by atoms with Crippen molar-refractivity contribution in [2.75, 3.05) is 5.32 Å². The van der Waals surface area contributed by atoms with Crippen LogP contribution >= 0.6 is 11.6 Å². The fraction of sp³-hybridized carbons (Fsp3) is 0.136. The smallest absolute Gasteiger partial charge is 0.325 e. The molecule has 11 heteroatoms. The number of alkyl halides is 3. The summed E-state index contributed by atoms with van der Waals surface area (Å²) in [6, 6.07) is 11.6. The van der Waals surface area contributed by atoms with E-state index in [2.05, 4.69) is 10.4 Å². The van der Waals surface area contributed by atoms with Crippen molar-refractivity contribution in [3.05, 3.63) is 87.0 Å². The Bertz CT molecular complexity index is 1430. The first-order valence-electron chi connectivity index (χ1n) is 9.56. The molecule has 1 N–H and O–H groups in total. The SMILES string of the molecule is Cc1nn(-c2cccc(F)c2)c2c1c(C(F)(F)F)cc(=O)n2CC(=O)Nc1ccc(Cl)cc1. The quantitative estimate of drug-likeness (QED) is 0.422. The highest BCUT2D eigenvalue weighted by atomic mass is 35.5. The molecule has 170 valence electrons. The van der Waals surface area contributed by atoms with Gasteiger partial charge in [0.2, 0.25) is 5.91 Å². The Morgan fingerprint density at radius 3 is 2.45 bits per heavy atom. The standard InChI is InChI=1S/C22H15ClF4N4O2/c1-12-20-17(22(25,26)27)10-19(33)30(11-18(32)28-15-7-5-13(23)6-8-15)21(20)31(29-12)16-4-2-3-14(24)9-16/h2-10H,11H2,1H3,(H,28,32). The van der Waals surface area contributed by atoms with Crippen LogP contribution in [0, 0.1) is 12.7 Å². The van der Waals surface area contributed by atoms with Crippen LogP contribution in [0.25, 0.3) is 16.7 Å². The molecule has 4 rings (SSSR count). The van der Waals surface area contributed by atoms with E-state index in [0.29, 0.717) is 16.8 Å². The summed E-state index contributed by atoms with van der Waals surface area (Å²) in [5.74, 6) is -1.31. The van der Waals surface area contributed by atoms with E-state index >= 15 is 0 Å². The van der Waals surface area contributed by atoms with E-state index in [4.69, 9.17) is 11.6 Å². The van der Waals surface area contributed by atoms with Crippen molar-refractivity contribution in [2.24, 2.45) is 0 Å². The highest BCUT2D eigenvalue weighted by Crippen LogP contribution is 2.36. The van der Waals surface area contributed by atoms with Crippen molar-refractivity contribution in [3.8, 4) is 5.69 Å². The van der Waals surface area contributed by atoms with E-state index in [9.17, 15) is 27.2 Å². The maximum Gasteiger partial charge on any atom is 0.417 e. The molecule has 0 saturated carbocycles. The first-order chi connectivity index (χ1) is 15.5. The number of aryl methyl sites for hydroxylation is 1. The zero-order chi connectivity index (χ0) is 23.9. The van der Waals surface area contributed by atoms with Gasteiger partial charge in [0.15, 0.2) is 0 Å². The number of hydrogen-bond donors (Lipinski definition) is 1. The van der Waals surface area contributed by atoms with Gasteiger partial charge in [0, 0.05) is 16.8 Å². The molecule has 2 aromatic heterocycles. The Kier molecular flexibility index (Phi) is 5.71. The van der Waals surface area contributed by atoms with Crippen LogP contribution in [0.4, 0.5) is 23.2 Å². The monoisotopic (exact) mass is 478 g/mol. The molecular weight excluding hydrogens is 464 g/mol. The fourth-order valence-corrected chi connectivity index (χ4v) is 3.63. The maximum absolute atomic E-state index is 13.8. The Balaban J connectivity index is 1.90. The Labute approximate surface area is 189 Å². The van der Waals surface area contributed by atoms with Crippen LogP contribution in [0.2, 0.25) is 5.02 Å². The third-order valence-electron chi connectivity index (χ3n) is 4.88. The van der Waals surface area contributed by atoms with Crippen LogP contribution in [0.1, 0.15) is 11.3 Å². The lowest BCUT2D eigenvalue weighted by Gasteiger charge is -2.15. The molecule has 4 aromatic rings. The topological polar surface area (TPSA) is 68.9 Å². The predicted molar refractivity (Wildman–Crippen MR) is 115 cm³/mol. The van der Waals surface area contributed by atoms with Gasteiger partial charge in [-0.05, 0) is 49.4 Å². The lowest BCUT2D eigenvalue weighted by molar-refractivity contribution is -0.136. The van der Waals surface area contributed by atoms with Crippen LogP contribution in [0.5, 0.6) is 0 Å². The molecule has 0 aliphatic carbocycles. The average molecular weight is 479 g/mol. The number of nitrogens with zero attached hydrogens (tertiary/aromatic N) is 3. The van der Waals surface area contributed by atoms with Gasteiger partial charge in [-0.3, -0.25) is 14.2 Å². The van der Waals surface area contributed by atoms with Crippen LogP contribution in [0.3, 0.4) is 0 Å². The van der Waals surface area contributed by atoms with Crippen LogP contribution in [-0.4, -0.2) is 20.3 Å². The van der Waals surface area contributed by atoms with Crippen molar-refractivity contribution < 1.29 is 22.4 Å². The number of fused-ring (bicyclic) bond motifs is 1. The molecule has 1 amide bonds. The minimum atomic E-state index is -4.84. The Hall–Kier alpha value is -3.66. The molecule has 0 spiro atoms. The summed E-state index contributed by atoms with van der Waals surface area (Å²) in [7, 11) is 0. The van der Waals surface area contributed by atoms with Gasteiger partial charge >= 0.3 is 6.18 Å². The predicted octanol–water partition coefficient (Wildman–Crippen LogP) is 4.95. The summed E-state index contributed by atoms with van der Waals surface area (Å²) in [6.07, 6.45) is -4.84. The normalized spacial score (nSPS) is 11.7. The summed E-state index contributed by atoms with van der Waals surface area (Å²) in [5.41, 5.74) is -2.07. The zero-order valence-corrected chi connectivity index (χ0v) is 17.7. The zero-order valence-electron chi connectivity index (χ0n) is 17.0. The van der Waals surface area contributed by atoms with Gasteiger partial charge in [-0.1, -0.05) is 17.7 Å². The van der Waals surface area contributed by atoms with Gasteiger partial charge in [0.25, 0.3) is 5.56 Å². The number of pyridine rings is 1. The molecule has 0 aliphatic heterocycles. The van der Waals surface area contributed by atoms with Crippen LogP contribution < -0.4 is 10.9 Å². The molecule has 33 heavy (non-hydrogen) atoms. The first-order valence-corrected chi connectivity index (χ1v) is 9.94. The lowest BCUT2D eigenvalue weighted by Crippen LogP contribution is -2.30. The first kappa shape index (κ1) is 22.5. The number of halogens is 5. The maximum atomic E-state index is 13.8. The number of nitrogens with one attached hydrogen (secondary N) is 1. The van der Waals surface area contributed by atoms with E-state index in [1.165, 1.54) is 31.2 Å². The van der Waals surface area contributed by atoms with Gasteiger partial charge in [-0.25, -0.2) is 9.07 Å². The number of carbonyl (C=O) groups excluding carboxylic acids is 1. The van der Waals surface area contributed by atoms with Crippen molar-refractivity contribution >= 4 is 34.2 Å². The number of amides is 1.